The molecule has 1 atom stereocenters. The molecule has 2 N–H and O–H groups in total. The Morgan fingerprint density at radius 1 is 1.00 bits per heavy atom. The number of ketones is 1. The maximum absolute atomic E-state index is 13.2. The lowest BCUT2D eigenvalue weighted by atomic mass is 9.93. The summed E-state index contributed by atoms with van der Waals surface area (Å²) in [4.78, 5) is 29.0. The molecule has 176 valence electrons. The van der Waals surface area contributed by atoms with Crippen LogP contribution in [-0.2, 0) is 9.59 Å². The van der Waals surface area contributed by atoms with Gasteiger partial charge in [-0.3, -0.25) is 9.59 Å². The zero-order chi connectivity index (χ0) is 24.3. The van der Waals surface area contributed by atoms with Crippen molar-refractivity contribution in [3.63, 3.8) is 0 Å². The fourth-order valence-corrected chi connectivity index (χ4v) is 4.01. The molecule has 33 heavy (non-hydrogen) atoms. The van der Waals surface area contributed by atoms with E-state index in [1.54, 1.807) is 50.6 Å². The number of hydrogen-bond acceptors (Lipinski definition) is 6. The minimum absolute atomic E-state index is 0.0218. The quantitative estimate of drug-likeness (QED) is 0.357. The monoisotopic (exact) mass is 455 g/mol. The van der Waals surface area contributed by atoms with Crippen LogP contribution in [0.5, 0.6) is 17.2 Å². The number of rotatable bonds is 8. The Balaban J connectivity index is 2.26. The van der Waals surface area contributed by atoms with Crippen LogP contribution < -0.4 is 19.1 Å². The van der Waals surface area contributed by atoms with Gasteiger partial charge in [0, 0.05) is 11.1 Å². The largest absolute Gasteiger partial charge is 0.507 e. The number of aliphatic hydroxyl groups is 1. The minimum Gasteiger partial charge on any atom is -0.507 e. The minimum atomic E-state index is -0.823. The Morgan fingerprint density at radius 2 is 1.64 bits per heavy atom. The van der Waals surface area contributed by atoms with Gasteiger partial charge in [0.2, 0.25) is 0 Å². The van der Waals surface area contributed by atoms with Crippen molar-refractivity contribution in [3.8, 4) is 17.2 Å². The second-order valence-corrected chi connectivity index (χ2v) is 8.24. The van der Waals surface area contributed by atoms with Gasteiger partial charge in [-0.25, -0.2) is 0 Å². The van der Waals surface area contributed by atoms with Crippen molar-refractivity contribution in [2.75, 3.05) is 48.5 Å². The van der Waals surface area contributed by atoms with Crippen LogP contribution in [0.15, 0.2) is 42.0 Å². The van der Waals surface area contributed by atoms with Crippen molar-refractivity contribution in [2.45, 2.75) is 13.0 Å². The number of carbonyl (C=O) groups excluding carboxylic acids is 2. The Labute approximate surface area is 194 Å². The lowest BCUT2D eigenvalue weighted by Gasteiger charge is -2.27. The van der Waals surface area contributed by atoms with Crippen LogP contribution in [0, 0.1) is 6.92 Å². The Hall–Kier alpha value is -3.52. The molecule has 0 aromatic heterocycles. The summed E-state index contributed by atoms with van der Waals surface area (Å²) in [5, 5.41) is 11.3. The average molecular weight is 456 g/mol. The van der Waals surface area contributed by atoms with E-state index in [1.165, 1.54) is 12.0 Å². The zero-order valence-electron chi connectivity index (χ0n) is 19.9. The first-order valence-corrected chi connectivity index (χ1v) is 10.7. The van der Waals surface area contributed by atoms with E-state index in [0.29, 0.717) is 47.0 Å². The van der Waals surface area contributed by atoms with Gasteiger partial charge in [-0.1, -0.05) is 0 Å². The highest BCUT2D eigenvalue weighted by Gasteiger charge is 2.47. The van der Waals surface area contributed by atoms with Gasteiger partial charge in [0.1, 0.15) is 23.0 Å². The van der Waals surface area contributed by atoms with E-state index in [-0.39, 0.29) is 11.3 Å². The van der Waals surface area contributed by atoms with Gasteiger partial charge in [0.25, 0.3) is 11.7 Å². The van der Waals surface area contributed by atoms with E-state index in [4.69, 9.17) is 14.2 Å². The number of benzene rings is 2. The van der Waals surface area contributed by atoms with Crippen LogP contribution in [-0.4, -0.2) is 70.2 Å². The molecule has 1 saturated heterocycles. The van der Waals surface area contributed by atoms with Gasteiger partial charge in [-0.2, -0.15) is 0 Å². The third-order valence-electron chi connectivity index (χ3n) is 5.81. The summed E-state index contributed by atoms with van der Waals surface area (Å²) in [5.74, 6) is 0.0511. The van der Waals surface area contributed by atoms with E-state index in [1.807, 2.05) is 21.0 Å². The smallest absolute Gasteiger partial charge is 0.295 e. The molecule has 1 aliphatic rings. The molecule has 1 unspecified atom stereocenters. The predicted molar refractivity (Wildman–Crippen MR) is 124 cm³/mol. The van der Waals surface area contributed by atoms with Crippen LogP contribution in [0.2, 0.25) is 0 Å². The standard InChI is InChI=1S/C25H30N2O6/c1-15-13-16(31-4)7-9-18(15)23(28)21-22(19-14-17(32-5)8-10-20(19)33-6)27(12-11-26(2)3)25(30)24(21)29/h7-10,13-14,22,28H,11-12H2,1-6H3/p+1. The van der Waals surface area contributed by atoms with Gasteiger partial charge in [-0.15, -0.1) is 0 Å². The van der Waals surface area contributed by atoms with Gasteiger partial charge in [-0.05, 0) is 48.9 Å². The number of likely N-dealkylation sites (tertiary alicyclic amines) is 1. The van der Waals surface area contributed by atoms with Crippen molar-refractivity contribution in [2.24, 2.45) is 0 Å². The normalized spacial score (nSPS) is 17.5. The highest BCUT2D eigenvalue weighted by atomic mass is 16.5. The van der Waals surface area contributed by atoms with E-state index in [9.17, 15) is 14.7 Å². The highest BCUT2D eigenvalue weighted by molar-refractivity contribution is 6.46. The molecular weight excluding hydrogens is 424 g/mol. The molecule has 1 fully saturated rings. The van der Waals surface area contributed by atoms with Gasteiger partial charge in [0.15, 0.2) is 0 Å². The molecule has 8 nitrogen and oxygen atoms in total. The van der Waals surface area contributed by atoms with Crippen molar-refractivity contribution >= 4 is 17.4 Å². The molecule has 0 saturated carbocycles. The van der Waals surface area contributed by atoms with Gasteiger partial charge >= 0.3 is 0 Å². The fraction of sp³-hybridized carbons (Fsp3) is 0.360. The van der Waals surface area contributed by atoms with Crippen molar-refractivity contribution in [1.82, 2.24) is 4.90 Å². The first-order chi connectivity index (χ1) is 15.7. The van der Waals surface area contributed by atoms with Crippen LogP contribution in [0.4, 0.5) is 0 Å². The van der Waals surface area contributed by atoms with Gasteiger partial charge < -0.3 is 29.1 Å². The number of aliphatic hydroxyl groups excluding tert-OH is 1. The number of Topliss-reactive ketones (excluding diaryl/α,β-unsaturated/α-hetero) is 1. The number of methoxy groups -OCH3 is 3. The number of hydrogen-bond donors (Lipinski definition) is 2. The molecule has 3 rings (SSSR count). The molecule has 2 aromatic rings. The van der Waals surface area contributed by atoms with E-state index in [0.717, 1.165) is 4.90 Å². The van der Waals surface area contributed by atoms with E-state index in [2.05, 4.69) is 0 Å². The highest BCUT2D eigenvalue weighted by Crippen LogP contribution is 2.44. The summed E-state index contributed by atoms with van der Waals surface area (Å²) in [6.45, 7) is 2.76. The molecule has 0 radical (unpaired) electrons. The van der Waals surface area contributed by atoms with Crippen LogP contribution in [0.25, 0.3) is 5.76 Å². The topological polar surface area (TPSA) is 89.7 Å². The van der Waals surface area contributed by atoms with Crippen molar-refractivity contribution in [1.29, 1.82) is 0 Å². The Morgan fingerprint density at radius 3 is 2.21 bits per heavy atom. The number of amides is 1. The molecule has 1 aliphatic heterocycles. The summed E-state index contributed by atoms with van der Waals surface area (Å²) in [6.07, 6.45) is 0. The maximum Gasteiger partial charge on any atom is 0.295 e. The summed E-state index contributed by atoms with van der Waals surface area (Å²) in [6, 6.07) is 9.53. The number of likely N-dealkylation sites (N-methyl/N-ethyl adjacent to an activating group) is 1. The Bertz CT molecular complexity index is 1090. The molecule has 1 amide bonds. The van der Waals surface area contributed by atoms with Gasteiger partial charge in [0.05, 0.1) is 60.1 Å². The molecule has 8 heteroatoms. The first-order valence-electron chi connectivity index (χ1n) is 10.7. The summed E-state index contributed by atoms with van der Waals surface area (Å²) >= 11 is 0. The lowest BCUT2D eigenvalue weighted by Crippen LogP contribution is -3.06. The molecule has 0 bridgehead atoms. The third-order valence-corrected chi connectivity index (χ3v) is 5.81. The Kier molecular flexibility index (Phi) is 7.28. The number of quaternary nitrogens is 1. The molecular formula is C25H31N2O6+. The first kappa shape index (κ1) is 24.1. The fourth-order valence-electron chi connectivity index (χ4n) is 4.01. The van der Waals surface area contributed by atoms with E-state index >= 15 is 0 Å². The number of nitrogens with zero attached hydrogens (tertiary/aromatic N) is 1. The predicted octanol–water partition coefficient (Wildman–Crippen LogP) is 1.59. The number of ether oxygens (including phenoxy) is 3. The van der Waals surface area contributed by atoms with E-state index < -0.39 is 17.7 Å². The molecule has 2 aromatic carbocycles. The molecule has 0 spiro atoms. The lowest BCUT2D eigenvalue weighted by molar-refractivity contribution is -0.857. The molecule has 0 aliphatic carbocycles. The summed E-state index contributed by atoms with van der Waals surface area (Å²) in [7, 11) is 8.56. The van der Waals surface area contributed by atoms with Crippen LogP contribution >= 0.6 is 0 Å². The molecule has 1 heterocycles. The average Bonchev–Trinajstić information content (AvgIpc) is 3.06. The van der Waals surface area contributed by atoms with Crippen molar-refractivity contribution in [3.05, 3.63) is 58.7 Å². The van der Waals surface area contributed by atoms with Crippen LogP contribution in [0.1, 0.15) is 22.7 Å². The maximum atomic E-state index is 13.2. The SMILES string of the molecule is COc1ccc(C(O)=C2C(=O)C(=O)N(CC[NH+](C)C)C2c2cc(OC)ccc2OC)c(C)c1. The second kappa shape index (κ2) is 9.95. The zero-order valence-corrected chi connectivity index (χ0v) is 19.9. The third kappa shape index (κ3) is 4.66. The number of carbonyl (C=O) groups is 2. The second-order valence-electron chi connectivity index (χ2n) is 8.24. The van der Waals surface area contributed by atoms with Crippen LogP contribution in [0.3, 0.4) is 0 Å². The number of aryl methyl sites for hydroxylation is 1. The summed E-state index contributed by atoms with van der Waals surface area (Å²) < 4.78 is 16.2. The number of nitrogens with one attached hydrogen (secondary N) is 1. The van der Waals surface area contributed by atoms with Crippen molar-refractivity contribution < 1.29 is 33.8 Å². The summed E-state index contributed by atoms with van der Waals surface area (Å²) in [5.41, 5.74) is 1.76.